The molecule has 1 aromatic rings. The second-order valence-electron chi connectivity index (χ2n) is 4.13. The van der Waals surface area contributed by atoms with E-state index in [1.165, 1.54) is 0 Å². The molecule has 0 atom stereocenters. The molecule has 0 aliphatic rings. The number of hydrogen-bond donors (Lipinski definition) is 1. The summed E-state index contributed by atoms with van der Waals surface area (Å²) in [5.41, 5.74) is 0.0773. The Morgan fingerprint density at radius 1 is 1.50 bits per heavy atom. The molecule has 0 radical (unpaired) electrons. The highest BCUT2D eigenvalue weighted by Crippen LogP contribution is 2.09. The van der Waals surface area contributed by atoms with Crippen molar-refractivity contribution in [2.75, 3.05) is 6.54 Å². The van der Waals surface area contributed by atoms with Crippen LogP contribution in [-0.2, 0) is 6.54 Å². The third kappa shape index (κ3) is 4.68. The van der Waals surface area contributed by atoms with Crippen molar-refractivity contribution >= 4 is 0 Å². The number of rotatable bonds is 3. The van der Waals surface area contributed by atoms with E-state index in [2.05, 4.69) is 43.1 Å². The maximum atomic E-state index is 4.92. The summed E-state index contributed by atoms with van der Waals surface area (Å²) in [5.74, 6) is 7.04. The summed E-state index contributed by atoms with van der Waals surface area (Å²) in [5, 5.41) is 6.76. The van der Waals surface area contributed by atoms with Crippen molar-refractivity contribution in [3.8, 4) is 11.8 Å². The van der Waals surface area contributed by atoms with Gasteiger partial charge in [0.1, 0.15) is 5.76 Å². The van der Waals surface area contributed by atoms with Crippen molar-refractivity contribution < 1.29 is 4.52 Å². The summed E-state index contributed by atoms with van der Waals surface area (Å²) in [6.07, 6.45) is 1.64. The molecule has 0 amide bonds. The summed E-state index contributed by atoms with van der Waals surface area (Å²) < 4.78 is 4.92. The Bertz CT molecular complexity index is 311. The van der Waals surface area contributed by atoms with Gasteiger partial charge in [0, 0.05) is 11.5 Å². The van der Waals surface area contributed by atoms with E-state index in [-0.39, 0.29) is 5.41 Å². The molecular formula is C11H16N2O. The average molecular weight is 192 g/mol. The molecular weight excluding hydrogens is 176 g/mol. The number of hydrogen-bond acceptors (Lipinski definition) is 3. The van der Waals surface area contributed by atoms with Crippen molar-refractivity contribution in [3.63, 3.8) is 0 Å². The molecule has 14 heavy (non-hydrogen) atoms. The molecule has 1 N–H and O–H groups in total. The lowest BCUT2D eigenvalue weighted by Crippen LogP contribution is -2.13. The Morgan fingerprint density at radius 2 is 2.29 bits per heavy atom. The van der Waals surface area contributed by atoms with Crippen LogP contribution in [0.25, 0.3) is 0 Å². The Hall–Kier alpha value is -1.27. The summed E-state index contributed by atoms with van der Waals surface area (Å²) in [4.78, 5) is 0. The third-order valence-electron chi connectivity index (χ3n) is 1.47. The molecule has 0 unspecified atom stereocenters. The highest BCUT2D eigenvalue weighted by molar-refractivity contribution is 5.08. The molecule has 0 fully saturated rings. The molecule has 0 aliphatic heterocycles. The van der Waals surface area contributed by atoms with Gasteiger partial charge in [-0.2, -0.15) is 0 Å². The van der Waals surface area contributed by atoms with Gasteiger partial charge in [-0.3, -0.25) is 5.32 Å². The van der Waals surface area contributed by atoms with E-state index in [0.717, 1.165) is 5.76 Å². The van der Waals surface area contributed by atoms with Crippen molar-refractivity contribution in [2.24, 2.45) is 5.41 Å². The van der Waals surface area contributed by atoms with Crippen LogP contribution in [0.2, 0.25) is 0 Å². The normalized spacial score (nSPS) is 10.8. The zero-order valence-corrected chi connectivity index (χ0v) is 8.92. The first-order chi connectivity index (χ1) is 6.58. The van der Waals surface area contributed by atoms with Crippen LogP contribution >= 0.6 is 0 Å². The van der Waals surface area contributed by atoms with Crippen LogP contribution < -0.4 is 5.32 Å². The summed E-state index contributed by atoms with van der Waals surface area (Å²) in [6.45, 7) is 7.64. The van der Waals surface area contributed by atoms with Gasteiger partial charge < -0.3 is 4.52 Å². The van der Waals surface area contributed by atoms with Gasteiger partial charge >= 0.3 is 0 Å². The Labute approximate surface area is 84.9 Å². The lowest BCUT2D eigenvalue weighted by molar-refractivity contribution is 0.375. The van der Waals surface area contributed by atoms with E-state index in [1.54, 1.807) is 6.20 Å². The molecule has 0 bridgehead atoms. The van der Waals surface area contributed by atoms with Crippen molar-refractivity contribution in [1.82, 2.24) is 10.5 Å². The second-order valence-corrected chi connectivity index (χ2v) is 4.13. The molecule has 1 heterocycles. The van der Waals surface area contributed by atoms with Gasteiger partial charge in [-0.25, -0.2) is 0 Å². The van der Waals surface area contributed by atoms with E-state index >= 15 is 0 Å². The van der Waals surface area contributed by atoms with Gasteiger partial charge in [-0.1, -0.05) is 17.0 Å². The third-order valence-corrected chi connectivity index (χ3v) is 1.47. The van der Waals surface area contributed by atoms with Crippen LogP contribution in [0.1, 0.15) is 26.5 Å². The van der Waals surface area contributed by atoms with E-state index in [4.69, 9.17) is 4.52 Å². The standard InChI is InChI=1S/C11H16N2O/c1-11(2,3)6-4-7-12-9-10-5-8-13-14-10/h5,8,12H,7,9H2,1-3H3. The van der Waals surface area contributed by atoms with E-state index in [0.29, 0.717) is 13.1 Å². The van der Waals surface area contributed by atoms with E-state index in [1.807, 2.05) is 6.07 Å². The minimum atomic E-state index is 0.0773. The maximum Gasteiger partial charge on any atom is 0.150 e. The summed E-state index contributed by atoms with van der Waals surface area (Å²) in [6, 6.07) is 1.84. The smallest absolute Gasteiger partial charge is 0.150 e. The second kappa shape index (κ2) is 4.83. The van der Waals surface area contributed by atoms with Gasteiger partial charge in [-0.15, -0.1) is 0 Å². The molecule has 1 aromatic heterocycles. The predicted molar refractivity (Wildman–Crippen MR) is 55.4 cm³/mol. The van der Waals surface area contributed by atoms with Crippen molar-refractivity contribution in [1.29, 1.82) is 0 Å². The topological polar surface area (TPSA) is 38.1 Å². The molecule has 0 spiro atoms. The van der Waals surface area contributed by atoms with Crippen LogP contribution in [0.15, 0.2) is 16.8 Å². The van der Waals surface area contributed by atoms with E-state index in [9.17, 15) is 0 Å². The predicted octanol–water partition coefficient (Wildman–Crippen LogP) is 1.81. The quantitative estimate of drug-likeness (QED) is 0.586. The molecule has 0 saturated carbocycles. The minimum Gasteiger partial charge on any atom is -0.360 e. The van der Waals surface area contributed by atoms with Gasteiger partial charge in [0.05, 0.1) is 19.3 Å². The van der Waals surface area contributed by atoms with Gasteiger partial charge in [0.2, 0.25) is 0 Å². The monoisotopic (exact) mass is 192 g/mol. The fourth-order valence-electron chi connectivity index (χ4n) is 0.891. The Balaban J connectivity index is 2.19. The highest BCUT2D eigenvalue weighted by Gasteiger charge is 2.02. The zero-order valence-electron chi connectivity index (χ0n) is 8.92. The summed E-state index contributed by atoms with van der Waals surface area (Å²) in [7, 11) is 0. The van der Waals surface area contributed by atoms with Crippen LogP contribution in [0, 0.1) is 17.3 Å². The van der Waals surface area contributed by atoms with Crippen LogP contribution in [0.3, 0.4) is 0 Å². The first-order valence-corrected chi connectivity index (χ1v) is 4.68. The number of aromatic nitrogens is 1. The molecule has 76 valence electrons. The Kier molecular flexibility index (Phi) is 3.73. The lowest BCUT2D eigenvalue weighted by Gasteiger charge is -2.06. The van der Waals surface area contributed by atoms with Gasteiger partial charge in [0.25, 0.3) is 0 Å². The zero-order chi connectivity index (χ0) is 10.4. The van der Waals surface area contributed by atoms with Crippen molar-refractivity contribution in [3.05, 3.63) is 18.0 Å². The fourth-order valence-corrected chi connectivity index (χ4v) is 0.891. The number of nitrogens with zero attached hydrogens (tertiary/aromatic N) is 1. The average Bonchev–Trinajstić information content (AvgIpc) is 2.54. The molecule has 3 heteroatoms. The number of nitrogens with one attached hydrogen (secondary N) is 1. The molecule has 0 aromatic carbocycles. The molecule has 1 rings (SSSR count). The highest BCUT2D eigenvalue weighted by atomic mass is 16.5. The first kappa shape index (κ1) is 10.8. The lowest BCUT2D eigenvalue weighted by atomic mass is 9.98. The largest absolute Gasteiger partial charge is 0.360 e. The van der Waals surface area contributed by atoms with Gasteiger partial charge in [-0.05, 0) is 20.8 Å². The van der Waals surface area contributed by atoms with Crippen LogP contribution in [0.4, 0.5) is 0 Å². The fraction of sp³-hybridized carbons (Fsp3) is 0.545. The maximum absolute atomic E-state index is 4.92. The Morgan fingerprint density at radius 3 is 2.86 bits per heavy atom. The van der Waals surface area contributed by atoms with Gasteiger partial charge in [0.15, 0.2) is 0 Å². The molecule has 0 aliphatic carbocycles. The molecule has 0 saturated heterocycles. The van der Waals surface area contributed by atoms with E-state index < -0.39 is 0 Å². The van der Waals surface area contributed by atoms with Crippen molar-refractivity contribution in [2.45, 2.75) is 27.3 Å². The van der Waals surface area contributed by atoms with Crippen LogP contribution in [-0.4, -0.2) is 11.7 Å². The summed E-state index contributed by atoms with van der Waals surface area (Å²) >= 11 is 0. The minimum absolute atomic E-state index is 0.0773. The first-order valence-electron chi connectivity index (χ1n) is 4.68. The SMILES string of the molecule is CC(C)(C)C#CCNCc1ccno1. The molecule has 3 nitrogen and oxygen atoms in total. The van der Waals surface area contributed by atoms with Crippen LogP contribution in [0.5, 0.6) is 0 Å².